The van der Waals surface area contributed by atoms with E-state index in [4.69, 9.17) is 4.42 Å². The summed E-state index contributed by atoms with van der Waals surface area (Å²) in [5, 5.41) is 17.6. The molecule has 1 aliphatic heterocycles. The van der Waals surface area contributed by atoms with Crippen LogP contribution >= 0.6 is 0 Å². The van der Waals surface area contributed by atoms with Crippen molar-refractivity contribution in [2.45, 2.75) is 70.5 Å². The van der Waals surface area contributed by atoms with E-state index in [0.29, 0.717) is 37.9 Å². The Morgan fingerprint density at radius 1 is 1.02 bits per heavy atom. The van der Waals surface area contributed by atoms with Crippen LogP contribution in [-0.2, 0) is 27.2 Å². The van der Waals surface area contributed by atoms with Gasteiger partial charge in [0.15, 0.2) is 5.69 Å². The van der Waals surface area contributed by atoms with E-state index in [0.717, 1.165) is 5.56 Å². The highest BCUT2D eigenvalue weighted by molar-refractivity contribution is 5.93. The summed E-state index contributed by atoms with van der Waals surface area (Å²) in [7, 11) is 0. The van der Waals surface area contributed by atoms with Crippen LogP contribution in [0.4, 0.5) is 0 Å². The second-order valence-corrected chi connectivity index (χ2v) is 10.8. The second kappa shape index (κ2) is 14.9. The highest BCUT2D eigenvalue weighted by atomic mass is 16.3. The molecule has 0 radical (unpaired) electrons. The van der Waals surface area contributed by atoms with E-state index >= 15 is 0 Å². The van der Waals surface area contributed by atoms with Gasteiger partial charge in [-0.1, -0.05) is 44.2 Å². The maximum Gasteiger partial charge on any atom is 0.273 e. The Morgan fingerprint density at radius 2 is 1.81 bits per heavy atom. The number of fused-ring (bicyclic) bond motifs is 2. The standard InChI is InChI=1S/C30H37N7O6/c1-18(2)26-29(42)33-22(16-19-8-4-3-5-9-19)30-34-23(17-43-30)27(40)31-15-7-6-10-21(28(41)35-26)32-24(38)13-11-20-12-14-25(39)37-36-20/h3-5,8-9,12,14,17-18,21-22,26H,6-7,10-11,13,15-16H2,1-2H3,(H,31,40)(H,32,38)(H,33,42)(H,35,41)(H,37,39)/t21-,22+,26-/m0/s1. The minimum atomic E-state index is -0.916. The summed E-state index contributed by atoms with van der Waals surface area (Å²) >= 11 is 0. The third-order valence-electron chi connectivity index (χ3n) is 7.10. The number of oxazole rings is 1. The lowest BCUT2D eigenvalue weighted by atomic mass is 10.00. The monoisotopic (exact) mass is 591 g/mol. The van der Waals surface area contributed by atoms with E-state index in [-0.39, 0.29) is 41.8 Å². The van der Waals surface area contributed by atoms with Crippen molar-refractivity contribution in [3.8, 4) is 0 Å². The molecule has 0 fully saturated rings. The van der Waals surface area contributed by atoms with Crippen molar-refractivity contribution < 1.29 is 23.6 Å². The van der Waals surface area contributed by atoms with Crippen LogP contribution in [0.5, 0.6) is 0 Å². The quantitative estimate of drug-likeness (QED) is 0.272. The maximum atomic E-state index is 13.6. The Kier molecular flexibility index (Phi) is 10.8. The van der Waals surface area contributed by atoms with E-state index < -0.39 is 35.8 Å². The minimum Gasteiger partial charge on any atom is -0.446 e. The summed E-state index contributed by atoms with van der Waals surface area (Å²) in [6.45, 7) is 3.96. The fourth-order valence-corrected chi connectivity index (χ4v) is 4.71. The number of H-pyrrole nitrogens is 1. The van der Waals surface area contributed by atoms with E-state index in [1.807, 2.05) is 44.2 Å². The molecule has 2 aromatic heterocycles. The summed E-state index contributed by atoms with van der Waals surface area (Å²) in [6, 6.07) is 9.79. The van der Waals surface area contributed by atoms with Gasteiger partial charge in [0.2, 0.25) is 23.6 Å². The molecule has 4 amide bonds. The number of aryl methyl sites for hydroxylation is 1. The van der Waals surface area contributed by atoms with Gasteiger partial charge >= 0.3 is 0 Å². The normalized spacial score (nSPS) is 20.2. The average Bonchev–Trinajstić information content (AvgIpc) is 3.49. The van der Waals surface area contributed by atoms with Gasteiger partial charge in [0, 0.05) is 31.9 Å². The minimum absolute atomic E-state index is 0.0470. The number of nitrogens with zero attached hydrogens (tertiary/aromatic N) is 2. The number of nitrogens with one attached hydrogen (secondary N) is 5. The highest BCUT2D eigenvalue weighted by Gasteiger charge is 2.31. The third kappa shape index (κ3) is 9.09. The van der Waals surface area contributed by atoms with Crippen molar-refractivity contribution in [2.75, 3.05) is 6.54 Å². The zero-order valence-corrected chi connectivity index (χ0v) is 24.2. The molecule has 1 aliphatic rings. The van der Waals surface area contributed by atoms with Crippen LogP contribution in [0.25, 0.3) is 0 Å². The van der Waals surface area contributed by atoms with Crippen molar-refractivity contribution in [3.63, 3.8) is 0 Å². The number of carbonyl (C=O) groups is 4. The molecule has 13 nitrogen and oxygen atoms in total. The van der Waals surface area contributed by atoms with Gasteiger partial charge in [-0.15, -0.1) is 0 Å². The third-order valence-corrected chi connectivity index (χ3v) is 7.10. The van der Waals surface area contributed by atoms with Crippen LogP contribution in [-0.4, -0.2) is 57.4 Å². The lowest BCUT2D eigenvalue weighted by Crippen LogP contribution is -2.56. The fourth-order valence-electron chi connectivity index (χ4n) is 4.71. The Bertz CT molecular complexity index is 1450. The van der Waals surface area contributed by atoms with Gasteiger partial charge in [-0.25, -0.2) is 10.1 Å². The largest absolute Gasteiger partial charge is 0.446 e. The van der Waals surface area contributed by atoms with E-state index in [1.54, 1.807) is 0 Å². The zero-order valence-electron chi connectivity index (χ0n) is 24.2. The van der Waals surface area contributed by atoms with Crippen molar-refractivity contribution in [1.29, 1.82) is 0 Å². The van der Waals surface area contributed by atoms with Crippen molar-refractivity contribution in [1.82, 2.24) is 36.4 Å². The predicted octanol–water partition coefficient (Wildman–Crippen LogP) is 1.33. The fraction of sp³-hybridized carbons (Fsp3) is 0.433. The molecule has 0 spiro atoms. The summed E-state index contributed by atoms with van der Waals surface area (Å²) in [5.41, 5.74) is 1.21. The average molecular weight is 592 g/mol. The van der Waals surface area contributed by atoms with E-state index in [1.165, 1.54) is 18.4 Å². The van der Waals surface area contributed by atoms with Gasteiger partial charge < -0.3 is 25.7 Å². The Morgan fingerprint density at radius 3 is 2.53 bits per heavy atom. The highest BCUT2D eigenvalue weighted by Crippen LogP contribution is 2.20. The molecule has 43 heavy (non-hydrogen) atoms. The van der Waals surface area contributed by atoms with Gasteiger partial charge in [-0.2, -0.15) is 5.10 Å². The molecule has 0 saturated heterocycles. The lowest BCUT2D eigenvalue weighted by molar-refractivity contribution is -0.133. The number of hydrogen-bond acceptors (Lipinski definition) is 8. The van der Waals surface area contributed by atoms with Gasteiger partial charge in [0.05, 0.1) is 5.69 Å². The first-order valence-electron chi connectivity index (χ1n) is 14.4. The first-order valence-corrected chi connectivity index (χ1v) is 14.4. The molecular formula is C30H37N7O6. The lowest BCUT2D eigenvalue weighted by Gasteiger charge is -2.27. The number of benzene rings is 1. The number of aromatic amines is 1. The molecule has 3 atom stereocenters. The number of rotatable bonds is 7. The molecule has 3 aromatic rings. The molecule has 5 N–H and O–H groups in total. The SMILES string of the molecule is CC(C)[C@@H]1NC(=O)[C@@H](NC(=O)CCc2ccc(=O)[nH]n2)CCCCNC(=O)c2coc(n2)[C@@H](Cc2ccccc2)NC1=O. The Hall–Kier alpha value is -4.81. The molecule has 0 saturated carbocycles. The van der Waals surface area contributed by atoms with E-state index in [9.17, 15) is 24.0 Å². The maximum absolute atomic E-state index is 13.6. The van der Waals surface area contributed by atoms with Crippen LogP contribution < -0.4 is 26.8 Å². The molecule has 1 aromatic carbocycles. The number of hydrogen-bond donors (Lipinski definition) is 5. The molecule has 228 valence electrons. The van der Waals surface area contributed by atoms with Crippen LogP contribution in [0.2, 0.25) is 0 Å². The Labute approximate surface area is 248 Å². The zero-order chi connectivity index (χ0) is 30.8. The van der Waals surface area contributed by atoms with Gasteiger partial charge in [0.25, 0.3) is 11.5 Å². The summed E-state index contributed by atoms with van der Waals surface area (Å²) < 4.78 is 5.64. The smallest absolute Gasteiger partial charge is 0.273 e. The predicted molar refractivity (Wildman–Crippen MR) is 156 cm³/mol. The molecule has 0 aliphatic carbocycles. The van der Waals surface area contributed by atoms with Crippen molar-refractivity contribution in [2.24, 2.45) is 5.92 Å². The molecular weight excluding hydrogens is 554 g/mol. The summed E-state index contributed by atoms with van der Waals surface area (Å²) in [4.78, 5) is 68.2. The molecule has 3 heterocycles. The van der Waals surface area contributed by atoms with Gasteiger partial charge in [-0.05, 0) is 36.8 Å². The molecule has 0 unspecified atom stereocenters. The first kappa shape index (κ1) is 31.1. The van der Waals surface area contributed by atoms with Crippen molar-refractivity contribution >= 4 is 23.6 Å². The van der Waals surface area contributed by atoms with Crippen LogP contribution in [0.1, 0.15) is 73.2 Å². The topological polar surface area (TPSA) is 188 Å². The summed E-state index contributed by atoms with van der Waals surface area (Å²) in [6.07, 6.45) is 3.28. The van der Waals surface area contributed by atoms with Gasteiger partial charge in [-0.3, -0.25) is 24.0 Å². The number of aromatic nitrogens is 3. The van der Waals surface area contributed by atoms with Crippen LogP contribution in [0, 0.1) is 5.92 Å². The number of amides is 4. The summed E-state index contributed by atoms with van der Waals surface area (Å²) in [5.74, 6) is -1.83. The molecule has 4 rings (SSSR count). The van der Waals surface area contributed by atoms with Gasteiger partial charge in [0.1, 0.15) is 24.4 Å². The van der Waals surface area contributed by atoms with Crippen LogP contribution in [0.3, 0.4) is 0 Å². The van der Waals surface area contributed by atoms with E-state index in [2.05, 4.69) is 36.4 Å². The molecule has 13 heteroatoms. The van der Waals surface area contributed by atoms with Crippen molar-refractivity contribution in [3.05, 3.63) is 81.9 Å². The first-order chi connectivity index (χ1) is 20.7. The van der Waals surface area contributed by atoms with Crippen LogP contribution in [0.15, 0.2) is 57.9 Å². The Balaban J connectivity index is 1.52. The second-order valence-electron chi connectivity index (χ2n) is 10.8. The number of carbonyl (C=O) groups excluding carboxylic acids is 4. The molecule has 2 bridgehead atoms.